The molecule has 2 aromatic carbocycles. The molecular formula is C20H16ClF3N2O3S. The summed E-state index contributed by atoms with van der Waals surface area (Å²) in [5, 5.41) is 11.0. The minimum Gasteiger partial charge on any atom is -0.489 e. The number of halogens is 4. The van der Waals surface area contributed by atoms with E-state index in [2.05, 4.69) is 17.2 Å². The Morgan fingerprint density at radius 1 is 1.30 bits per heavy atom. The molecular weight excluding hydrogens is 441 g/mol. The van der Waals surface area contributed by atoms with Crippen molar-refractivity contribution in [3.63, 3.8) is 0 Å². The molecule has 10 heteroatoms. The number of hydrogen-bond donors (Lipinski definition) is 1. The number of carboxylic acid groups (broad SMARTS) is 1. The summed E-state index contributed by atoms with van der Waals surface area (Å²) in [6.07, 6.45) is -4.60. The fourth-order valence-electron chi connectivity index (χ4n) is 3.33. The number of aliphatic imine (C=N–C) groups is 1. The third-order valence-corrected chi connectivity index (χ3v) is 5.04. The maximum Gasteiger partial charge on any atom is 0.417 e. The molecule has 0 aliphatic carbocycles. The highest BCUT2D eigenvalue weighted by Crippen LogP contribution is 2.43. The van der Waals surface area contributed by atoms with Gasteiger partial charge in [-0.1, -0.05) is 23.7 Å². The molecule has 30 heavy (non-hydrogen) atoms. The third kappa shape index (κ3) is 5.11. The van der Waals surface area contributed by atoms with Gasteiger partial charge in [-0.15, -0.1) is 0 Å². The average Bonchev–Trinajstić information content (AvgIpc) is 2.68. The van der Waals surface area contributed by atoms with Gasteiger partial charge in [0.1, 0.15) is 11.9 Å². The summed E-state index contributed by atoms with van der Waals surface area (Å²) in [5.74, 6) is 0.433. The summed E-state index contributed by atoms with van der Waals surface area (Å²) in [4.78, 5) is 16.0. The van der Waals surface area contributed by atoms with Crippen molar-refractivity contribution < 1.29 is 27.8 Å². The number of nitrogens with zero attached hydrogens (tertiary/aromatic N) is 2. The molecule has 1 atom stereocenters. The molecule has 0 aromatic heterocycles. The van der Waals surface area contributed by atoms with Gasteiger partial charge in [0, 0.05) is 12.1 Å². The highest BCUT2D eigenvalue weighted by Gasteiger charge is 2.35. The molecule has 1 aliphatic rings. The number of rotatable bonds is 4. The Morgan fingerprint density at radius 3 is 2.60 bits per heavy atom. The summed E-state index contributed by atoms with van der Waals surface area (Å²) in [6, 6.07) is 8.19. The molecule has 0 spiro atoms. The highest BCUT2D eigenvalue weighted by molar-refractivity contribution is 7.78. The SMILES string of the molecule is O=C(O)N1CCCC(Oc2ccc(-c3c(Cl)cc(N=C=S)cc3C(F)(F)F)cc2)C1. The Kier molecular flexibility index (Phi) is 6.65. The summed E-state index contributed by atoms with van der Waals surface area (Å²) in [5.41, 5.74) is -0.884. The number of benzene rings is 2. The number of amides is 1. The molecule has 1 amide bonds. The van der Waals surface area contributed by atoms with Gasteiger partial charge in [-0.2, -0.15) is 18.2 Å². The van der Waals surface area contributed by atoms with Gasteiger partial charge in [-0.3, -0.25) is 0 Å². The normalized spacial score (nSPS) is 16.7. The molecule has 3 rings (SSSR count). The fraction of sp³-hybridized carbons (Fsp3) is 0.300. The Bertz CT molecular complexity index is 992. The summed E-state index contributed by atoms with van der Waals surface area (Å²) in [7, 11) is 0. The number of ether oxygens (including phenoxy) is 1. The standard InChI is InChI=1S/C20H16ClF3N2O3S/c21-17-9-13(25-11-30)8-16(20(22,23)24)18(17)12-3-5-14(6-4-12)29-15-2-1-7-26(10-15)19(27)28/h3-6,8-9,15H,1-2,7,10H2,(H,27,28). The molecule has 1 aliphatic heterocycles. The van der Waals surface area contributed by atoms with Gasteiger partial charge < -0.3 is 14.7 Å². The van der Waals surface area contributed by atoms with Gasteiger partial charge in [0.25, 0.3) is 0 Å². The van der Waals surface area contributed by atoms with E-state index in [1.165, 1.54) is 35.2 Å². The van der Waals surface area contributed by atoms with Gasteiger partial charge in [-0.25, -0.2) is 4.79 Å². The molecule has 2 aromatic rings. The van der Waals surface area contributed by atoms with Crippen LogP contribution >= 0.6 is 23.8 Å². The lowest BCUT2D eigenvalue weighted by Crippen LogP contribution is -2.43. The fourth-order valence-corrected chi connectivity index (χ4v) is 3.76. The summed E-state index contributed by atoms with van der Waals surface area (Å²) < 4.78 is 46.6. The van der Waals surface area contributed by atoms with Crippen LogP contribution in [0.2, 0.25) is 5.02 Å². The van der Waals surface area contributed by atoms with Crippen LogP contribution in [0.1, 0.15) is 18.4 Å². The van der Waals surface area contributed by atoms with E-state index in [0.29, 0.717) is 25.1 Å². The Labute approximate surface area is 180 Å². The van der Waals surface area contributed by atoms with E-state index < -0.39 is 17.8 Å². The van der Waals surface area contributed by atoms with Crippen LogP contribution in [-0.2, 0) is 6.18 Å². The van der Waals surface area contributed by atoms with Gasteiger partial charge in [0.2, 0.25) is 0 Å². The van der Waals surface area contributed by atoms with Crippen LogP contribution in [-0.4, -0.2) is 40.5 Å². The topological polar surface area (TPSA) is 62.1 Å². The zero-order valence-corrected chi connectivity index (χ0v) is 17.0. The predicted octanol–water partition coefficient (Wildman–Crippen LogP) is 6.28. The number of carbonyl (C=O) groups is 1. The van der Waals surface area contributed by atoms with E-state index in [1.54, 1.807) is 0 Å². The van der Waals surface area contributed by atoms with Gasteiger partial charge >= 0.3 is 12.3 Å². The molecule has 0 bridgehead atoms. The van der Waals surface area contributed by atoms with Crippen LogP contribution in [0.15, 0.2) is 41.4 Å². The lowest BCUT2D eigenvalue weighted by Gasteiger charge is -2.31. The first-order valence-electron chi connectivity index (χ1n) is 8.92. The minimum atomic E-state index is -4.65. The van der Waals surface area contributed by atoms with E-state index in [0.717, 1.165) is 6.07 Å². The van der Waals surface area contributed by atoms with E-state index in [9.17, 15) is 18.0 Å². The highest BCUT2D eigenvalue weighted by atomic mass is 35.5. The number of alkyl halides is 3. The molecule has 158 valence electrons. The molecule has 0 saturated carbocycles. The van der Waals surface area contributed by atoms with Crippen molar-refractivity contribution >= 4 is 40.8 Å². The number of piperidine rings is 1. The largest absolute Gasteiger partial charge is 0.489 e. The molecule has 1 fully saturated rings. The van der Waals surface area contributed by atoms with Crippen LogP contribution in [0.3, 0.4) is 0 Å². The molecule has 1 unspecified atom stereocenters. The van der Waals surface area contributed by atoms with Crippen molar-refractivity contribution in [2.75, 3.05) is 13.1 Å². The molecule has 5 nitrogen and oxygen atoms in total. The van der Waals surface area contributed by atoms with Crippen molar-refractivity contribution in [3.05, 3.63) is 47.0 Å². The van der Waals surface area contributed by atoms with E-state index >= 15 is 0 Å². The number of thiocarbonyl (C=S) groups is 1. The van der Waals surface area contributed by atoms with Crippen LogP contribution < -0.4 is 4.74 Å². The second-order valence-electron chi connectivity index (χ2n) is 6.69. The lowest BCUT2D eigenvalue weighted by molar-refractivity contribution is -0.137. The first kappa shape index (κ1) is 22.1. The Balaban J connectivity index is 1.87. The van der Waals surface area contributed by atoms with Crippen molar-refractivity contribution in [3.8, 4) is 16.9 Å². The van der Waals surface area contributed by atoms with Gasteiger partial charge in [0.15, 0.2) is 0 Å². The summed E-state index contributed by atoms with van der Waals surface area (Å²) >= 11 is 10.6. The van der Waals surface area contributed by atoms with Crippen molar-refractivity contribution in [2.24, 2.45) is 4.99 Å². The maximum absolute atomic E-state index is 13.6. The zero-order valence-electron chi connectivity index (χ0n) is 15.4. The van der Waals surface area contributed by atoms with Crippen LogP contribution in [0, 0.1) is 0 Å². The summed E-state index contributed by atoms with van der Waals surface area (Å²) in [6.45, 7) is 0.694. The van der Waals surface area contributed by atoms with E-state index in [4.69, 9.17) is 21.4 Å². The predicted molar refractivity (Wildman–Crippen MR) is 110 cm³/mol. The Morgan fingerprint density at radius 2 is 2.00 bits per heavy atom. The Hall–Kier alpha value is -2.61. The number of likely N-dealkylation sites (tertiary alicyclic amines) is 1. The van der Waals surface area contributed by atoms with Crippen molar-refractivity contribution in [1.82, 2.24) is 4.90 Å². The van der Waals surface area contributed by atoms with Gasteiger partial charge in [0.05, 0.1) is 28.0 Å². The van der Waals surface area contributed by atoms with E-state index in [-0.39, 0.29) is 34.5 Å². The van der Waals surface area contributed by atoms with Gasteiger partial charge in [-0.05, 0) is 54.9 Å². The second kappa shape index (κ2) is 9.04. The smallest absolute Gasteiger partial charge is 0.417 e. The van der Waals surface area contributed by atoms with Crippen LogP contribution in [0.4, 0.5) is 23.7 Å². The molecule has 1 saturated heterocycles. The van der Waals surface area contributed by atoms with E-state index in [1.807, 2.05) is 5.16 Å². The van der Waals surface area contributed by atoms with Crippen molar-refractivity contribution in [1.29, 1.82) is 0 Å². The first-order chi connectivity index (χ1) is 14.2. The molecule has 1 N–H and O–H groups in total. The molecule has 1 heterocycles. The zero-order chi connectivity index (χ0) is 21.9. The first-order valence-corrected chi connectivity index (χ1v) is 9.71. The van der Waals surface area contributed by atoms with Crippen LogP contribution in [0.25, 0.3) is 11.1 Å². The van der Waals surface area contributed by atoms with Crippen molar-refractivity contribution in [2.45, 2.75) is 25.1 Å². The monoisotopic (exact) mass is 456 g/mol. The van der Waals surface area contributed by atoms with Crippen LogP contribution in [0.5, 0.6) is 5.75 Å². The third-order valence-electron chi connectivity index (χ3n) is 4.65. The number of hydrogen-bond acceptors (Lipinski definition) is 4. The minimum absolute atomic E-state index is 0.0358. The maximum atomic E-state index is 13.6. The average molecular weight is 457 g/mol. The quantitative estimate of drug-likeness (QED) is 0.434. The molecule has 0 radical (unpaired) electrons. The number of isothiocyanates is 1. The lowest BCUT2D eigenvalue weighted by atomic mass is 9.98. The second-order valence-corrected chi connectivity index (χ2v) is 7.28.